The monoisotopic (exact) mass is 325 g/mol. The van der Waals surface area contributed by atoms with Gasteiger partial charge in [-0.2, -0.15) is 0 Å². The molecule has 124 valence electrons. The molecule has 2 bridgehead atoms. The number of carbonyl (C=O) groups excluding carboxylic acids is 1. The molecule has 1 unspecified atom stereocenters. The van der Waals surface area contributed by atoms with Crippen LogP contribution in [0.4, 0.5) is 0 Å². The molecule has 5 heteroatoms. The Morgan fingerprint density at radius 3 is 2.88 bits per heavy atom. The van der Waals surface area contributed by atoms with Crippen molar-refractivity contribution in [1.82, 2.24) is 4.90 Å². The van der Waals surface area contributed by atoms with E-state index in [2.05, 4.69) is 24.1 Å². The molecule has 0 N–H and O–H groups in total. The van der Waals surface area contributed by atoms with Crippen molar-refractivity contribution in [3.05, 3.63) is 46.7 Å². The highest BCUT2D eigenvalue weighted by atomic mass is 16.7. The maximum absolute atomic E-state index is 12.4. The average molecular weight is 325 g/mol. The number of ketones is 1. The first-order valence-electron chi connectivity index (χ1n) is 8.29. The lowest BCUT2D eigenvalue weighted by molar-refractivity contribution is -0.114. The summed E-state index contributed by atoms with van der Waals surface area (Å²) in [5.74, 6) is 2.02. The maximum atomic E-state index is 12.4. The van der Waals surface area contributed by atoms with Crippen molar-refractivity contribution in [2.45, 2.75) is 24.3 Å². The van der Waals surface area contributed by atoms with Gasteiger partial charge in [0.05, 0.1) is 7.11 Å². The molecule has 0 radical (unpaired) electrons. The van der Waals surface area contributed by atoms with E-state index in [-0.39, 0.29) is 24.0 Å². The van der Waals surface area contributed by atoms with Crippen molar-refractivity contribution in [2.24, 2.45) is 0 Å². The Kier molecular flexibility index (Phi) is 2.72. The van der Waals surface area contributed by atoms with Crippen molar-refractivity contribution in [1.29, 1.82) is 0 Å². The molecule has 1 saturated heterocycles. The van der Waals surface area contributed by atoms with Crippen LogP contribution >= 0.6 is 0 Å². The van der Waals surface area contributed by atoms with Crippen LogP contribution in [-0.4, -0.2) is 44.2 Å². The zero-order chi connectivity index (χ0) is 16.5. The molecule has 0 amide bonds. The van der Waals surface area contributed by atoms with Gasteiger partial charge in [0.2, 0.25) is 12.6 Å². The van der Waals surface area contributed by atoms with Gasteiger partial charge in [0.25, 0.3) is 0 Å². The fourth-order valence-corrected chi connectivity index (χ4v) is 4.65. The fourth-order valence-electron chi connectivity index (χ4n) is 4.65. The van der Waals surface area contributed by atoms with E-state index >= 15 is 0 Å². The fraction of sp³-hybridized carbons (Fsp3) is 0.421. The molecule has 2 atom stereocenters. The van der Waals surface area contributed by atoms with Crippen molar-refractivity contribution in [2.75, 3.05) is 27.5 Å². The van der Waals surface area contributed by atoms with Gasteiger partial charge in [0.1, 0.15) is 0 Å². The van der Waals surface area contributed by atoms with Crippen LogP contribution in [0.5, 0.6) is 11.5 Å². The predicted molar refractivity (Wildman–Crippen MR) is 87.2 cm³/mol. The van der Waals surface area contributed by atoms with Gasteiger partial charge in [0, 0.05) is 11.5 Å². The van der Waals surface area contributed by atoms with Gasteiger partial charge in [0.15, 0.2) is 17.3 Å². The summed E-state index contributed by atoms with van der Waals surface area (Å²) in [6.07, 6.45) is 5.65. The number of rotatable bonds is 1. The van der Waals surface area contributed by atoms with E-state index in [4.69, 9.17) is 14.2 Å². The zero-order valence-corrected chi connectivity index (χ0v) is 13.8. The number of ether oxygens (including phenoxy) is 3. The second-order valence-corrected chi connectivity index (χ2v) is 6.96. The van der Waals surface area contributed by atoms with Crippen molar-refractivity contribution < 1.29 is 19.0 Å². The van der Waals surface area contributed by atoms with Gasteiger partial charge in [-0.25, -0.2) is 0 Å². The lowest BCUT2D eigenvalue weighted by atomic mass is 9.59. The van der Waals surface area contributed by atoms with E-state index in [0.29, 0.717) is 5.76 Å². The lowest BCUT2D eigenvalue weighted by Gasteiger charge is -2.52. The molecule has 4 aliphatic rings. The zero-order valence-electron chi connectivity index (χ0n) is 13.8. The third kappa shape index (κ3) is 1.65. The highest BCUT2D eigenvalue weighted by Gasteiger charge is 2.50. The molecule has 5 nitrogen and oxygen atoms in total. The van der Waals surface area contributed by atoms with Gasteiger partial charge in [-0.15, -0.1) is 0 Å². The van der Waals surface area contributed by atoms with Crippen molar-refractivity contribution >= 4 is 5.78 Å². The predicted octanol–water partition coefficient (Wildman–Crippen LogP) is 1.95. The van der Waals surface area contributed by atoms with Gasteiger partial charge in [-0.3, -0.25) is 9.69 Å². The molecular weight excluding hydrogens is 306 g/mol. The van der Waals surface area contributed by atoms with Gasteiger partial charge >= 0.3 is 0 Å². The first kappa shape index (κ1) is 14.1. The molecule has 5 rings (SSSR count). The molecule has 0 saturated carbocycles. The van der Waals surface area contributed by atoms with Gasteiger partial charge < -0.3 is 14.2 Å². The minimum absolute atomic E-state index is 0.0346. The van der Waals surface area contributed by atoms with Gasteiger partial charge in [-0.1, -0.05) is 0 Å². The van der Waals surface area contributed by atoms with Crippen LogP contribution in [0.1, 0.15) is 17.5 Å². The summed E-state index contributed by atoms with van der Waals surface area (Å²) in [4.78, 5) is 14.7. The van der Waals surface area contributed by atoms with Gasteiger partial charge in [-0.05, 0) is 67.4 Å². The summed E-state index contributed by atoms with van der Waals surface area (Å²) < 4.78 is 16.5. The summed E-state index contributed by atoms with van der Waals surface area (Å²) in [6.45, 7) is 1.26. The molecule has 2 heterocycles. The molecule has 1 aromatic carbocycles. The van der Waals surface area contributed by atoms with Crippen LogP contribution in [0.15, 0.2) is 35.6 Å². The van der Waals surface area contributed by atoms with E-state index in [1.807, 2.05) is 6.08 Å². The normalized spacial score (nSPS) is 30.2. The van der Waals surface area contributed by atoms with Crippen LogP contribution in [0.25, 0.3) is 0 Å². The number of nitrogens with zero attached hydrogens (tertiary/aromatic N) is 1. The number of allylic oxidation sites excluding steroid dienone is 2. The van der Waals surface area contributed by atoms with Crippen molar-refractivity contribution in [3.8, 4) is 11.5 Å². The largest absolute Gasteiger partial charge is 0.493 e. The summed E-state index contributed by atoms with van der Waals surface area (Å²) >= 11 is 0. The molecule has 24 heavy (non-hydrogen) atoms. The number of hydrogen-bond acceptors (Lipinski definition) is 5. The summed E-state index contributed by atoms with van der Waals surface area (Å²) in [5.41, 5.74) is 3.41. The number of benzene rings is 1. The minimum Gasteiger partial charge on any atom is -0.493 e. The van der Waals surface area contributed by atoms with Crippen LogP contribution < -0.4 is 9.47 Å². The average Bonchev–Trinajstić information content (AvgIpc) is 3.04. The first-order valence-corrected chi connectivity index (χ1v) is 8.29. The molecule has 1 aromatic rings. The summed E-state index contributed by atoms with van der Waals surface area (Å²) in [7, 11) is 3.70. The Balaban J connectivity index is 1.78. The Morgan fingerprint density at radius 1 is 1.29 bits per heavy atom. The van der Waals surface area contributed by atoms with E-state index < -0.39 is 0 Å². The quantitative estimate of drug-likeness (QED) is 0.790. The second-order valence-electron chi connectivity index (χ2n) is 6.96. The van der Waals surface area contributed by atoms with E-state index in [1.165, 1.54) is 16.7 Å². The lowest BCUT2D eigenvalue weighted by Crippen LogP contribution is -2.54. The highest BCUT2D eigenvalue weighted by molar-refractivity contribution is 6.05. The van der Waals surface area contributed by atoms with Crippen LogP contribution in [0, 0.1) is 0 Å². The molecule has 1 fully saturated rings. The molecule has 2 aliphatic heterocycles. The van der Waals surface area contributed by atoms with Crippen LogP contribution in [0.2, 0.25) is 0 Å². The number of fused-ring (bicyclic) bond motifs is 2. The number of likely N-dealkylation sites (tertiary alicyclic amines) is 1. The highest BCUT2D eigenvalue weighted by Crippen LogP contribution is 2.53. The number of carbonyl (C=O) groups is 1. The van der Waals surface area contributed by atoms with E-state index in [1.54, 1.807) is 13.2 Å². The number of hydrogen-bond donors (Lipinski definition) is 0. The van der Waals surface area contributed by atoms with E-state index in [9.17, 15) is 4.79 Å². The van der Waals surface area contributed by atoms with Crippen molar-refractivity contribution in [3.63, 3.8) is 0 Å². The second kappa shape index (κ2) is 4.63. The Morgan fingerprint density at radius 2 is 2.08 bits per heavy atom. The minimum atomic E-state index is -0.273. The topological polar surface area (TPSA) is 48.0 Å². The molecule has 2 aliphatic carbocycles. The Hall–Kier alpha value is -2.27. The Labute approximate surface area is 140 Å². The molecule has 0 spiro atoms. The molecular formula is C19H19NO4. The standard InChI is InChI=1S/C19H19NO4/c1-20-4-3-19-9-18(22-2)15(21)7-13(19)14(20)5-11-6-16-17(8-12(11)19)24-10-23-16/h6-9,14H,3-5,10H2,1-2H3/t14?,19-/m0/s1. The smallest absolute Gasteiger partial charge is 0.231 e. The Bertz CT molecular complexity index is 825. The van der Waals surface area contributed by atoms with Crippen LogP contribution in [-0.2, 0) is 21.4 Å². The molecule has 0 aromatic heterocycles. The maximum Gasteiger partial charge on any atom is 0.231 e. The number of piperidine rings is 1. The summed E-state index contributed by atoms with van der Waals surface area (Å²) in [5, 5.41) is 0. The third-order valence-corrected chi connectivity index (χ3v) is 5.88. The number of likely N-dealkylation sites (N-methyl/N-ethyl adjacent to an activating group) is 1. The SMILES string of the molecule is COC1=C[C@@]23CCN(C)C(Cc4cc5c(cc42)OCO5)C3=CC1=O. The number of methoxy groups -OCH3 is 1. The van der Waals surface area contributed by atoms with E-state index in [0.717, 1.165) is 30.9 Å². The summed E-state index contributed by atoms with van der Waals surface area (Å²) in [6, 6.07) is 4.45. The first-order chi connectivity index (χ1) is 11.6. The third-order valence-electron chi connectivity index (χ3n) is 5.88. The van der Waals surface area contributed by atoms with Crippen LogP contribution in [0.3, 0.4) is 0 Å².